The molecule has 0 bridgehead atoms. The third-order valence-corrected chi connectivity index (χ3v) is 3.25. The lowest BCUT2D eigenvalue weighted by Crippen LogP contribution is -2.44. The molecule has 1 aliphatic rings. The minimum absolute atomic E-state index is 0.363. The molecule has 0 spiro atoms. The van der Waals surface area contributed by atoms with E-state index in [1.165, 1.54) is 24.3 Å². The first kappa shape index (κ1) is 14.5. The van der Waals surface area contributed by atoms with Crippen molar-refractivity contribution in [3.63, 3.8) is 0 Å². The van der Waals surface area contributed by atoms with Crippen LogP contribution in [0.25, 0.3) is 0 Å². The van der Waals surface area contributed by atoms with Gasteiger partial charge in [0.05, 0.1) is 0 Å². The maximum absolute atomic E-state index is 12.9. The number of amides is 2. The summed E-state index contributed by atoms with van der Waals surface area (Å²) in [7, 11) is 0. The van der Waals surface area contributed by atoms with Crippen LogP contribution < -0.4 is 11.1 Å². The number of carbonyl (C=O) groups excluding carboxylic acids is 2. The fourth-order valence-electron chi connectivity index (χ4n) is 2.16. The first-order chi connectivity index (χ1) is 9.58. The van der Waals surface area contributed by atoms with E-state index >= 15 is 0 Å². The SMILES string of the molecule is NC(=O)[C@@H](NC(=O)[C@@H]1CCCCO1)c1ccc(F)cc1. The highest BCUT2D eigenvalue weighted by atomic mass is 19.1. The molecule has 0 aliphatic carbocycles. The van der Waals surface area contributed by atoms with Gasteiger partial charge in [-0.2, -0.15) is 0 Å². The number of nitrogens with one attached hydrogen (secondary N) is 1. The van der Waals surface area contributed by atoms with Crippen LogP contribution in [0.5, 0.6) is 0 Å². The Hall–Kier alpha value is -1.95. The smallest absolute Gasteiger partial charge is 0.250 e. The predicted molar refractivity (Wildman–Crippen MR) is 70.1 cm³/mol. The summed E-state index contributed by atoms with van der Waals surface area (Å²) in [6.07, 6.45) is 1.92. The summed E-state index contributed by atoms with van der Waals surface area (Å²) in [5.74, 6) is -1.47. The minimum Gasteiger partial charge on any atom is -0.368 e. The molecular formula is C14H17FN2O3. The van der Waals surface area contributed by atoms with Crippen LogP contribution in [-0.4, -0.2) is 24.5 Å². The summed E-state index contributed by atoms with van der Waals surface area (Å²) in [6.45, 7) is 0.538. The second-order valence-electron chi connectivity index (χ2n) is 4.75. The highest BCUT2D eigenvalue weighted by Gasteiger charge is 2.27. The van der Waals surface area contributed by atoms with Gasteiger partial charge in [0, 0.05) is 6.61 Å². The first-order valence-electron chi connectivity index (χ1n) is 6.54. The second-order valence-corrected chi connectivity index (χ2v) is 4.75. The summed E-state index contributed by atoms with van der Waals surface area (Å²) in [5, 5.41) is 2.56. The Morgan fingerprint density at radius 2 is 2.00 bits per heavy atom. The zero-order valence-electron chi connectivity index (χ0n) is 11.0. The van der Waals surface area contributed by atoms with Crippen LogP contribution in [0.15, 0.2) is 24.3 Å². The Kier molecular flexibility index (Phi) is 4.68. The van der Waals surface area contributed by atoms with Gasteiger partial charge in [-0.15, -0.1) is 0 Å². The van der Waals surface area contributed by atoms with E-state index in [1.54, 1.807) is 0 Å². The molecule has 0 saturated carbocycles. The van der Waals surface area contributed by atoms with Crippen molar-refractivity contribution in [3.05, 3.63) is 35.6 Å². The van der Waals surface area contributed by atoms with Crippen LogP contribution in [0.1, 0.15) is 30.9 Å². The third kappa shape index (κ3) is 3.54. The van der Waals surface area contributed by atoms with Gasteiger partial charge in [0.15, 0.2) is 0 Å². The molecule has 5 nitrogen and oxygen atoms in total. The number of benzene rings is 1. The van der Waals surface area contributed by atoms with Crippen LogP contribution in [0.3, 0.4) is 0 Å². The van der Waals surface area contributed by atoms with Crippen molar-refractivity contribution in [2.75, 3.05) is 6.61 Å². The molecule has 1 heterocycles. The van der Waals surface area contributed by atoms with Gasteiger partial charge in [-0.25, -0.2) is 4.39 Å². The van der Waals surface area contributed by atoms with Gasteiger partial charge in [0.25, 0.3) is 0 Å². The van der Waals surface area contributed by atoms with Crippen molar-refractivity contribution in [1.29, 1.82) is 0 Å². The van der Waals surface area contributed by atoms with E-state index in [1.807, 2.05) is 0 Å². The Balaban J connectivity index is 2.07. The lowest BCUT2D eigenvalue weighted by molar-refractivity contribution is -0.138. The molecule has 0 unspecified atom stereocenters. The summed E-state index contributed by atoms with van der Waals surface area (Å²) < 4.78 is 18.2. The Labute approximate surface area is 116 Å². The zero-order chi connectivity index (χ0) is 14.5. The molecule has 2 amide bonds. The normalized spacial score (nSPS) is 20.1. The van der Waals surface area contributed by atoms with Crippen LogP contribution in [0, 0.1) is 5.82 Å². The van der Waals surface area contributed by atoms with E-state index in [9.17, 15) is 14.0 Å². The van der Waals surface area contributed by atoms with Gasteiger partial charge in [-0.05, 0) is 37.0 Å². The molecule has 6 heteroatoms. The predicted octanol–water partition coefficient (Wildman–Crippen LogP) is 1.04. The number of ether oxygens (including phenoxy) is 1. The van der Waals surface area contributed by atoms with Crippen molar-refractivity contribution in [2.45, 2.75) is 31.4 Å². The number of primary amides is 1. The van der Waals surface area contributed by atoms with Crippen molar-refractivity contribution >= 4 is 11.8 Å². The van der Waals surface area contributed by atoms with Gasteiger partial charge in [-0.1, -0.05) is 12.1 Å². The van der Waals surface area contributed by atoms with Crippen molar-refractivity contribution in [1.82, 2.24) is 5.32 Å². The quantitative estimate of drug-likeness (QED) is 0.864. The number of nitrogens with two attached hydrogens (primary N) is 1. The van der Waals surface area contributed by atoms with Crippen LogP contribution in [-0.2, 0) is 14.3 Å². The van der Waals surface area contributed by atoms with E-state index in [-0.39, 0.29) is 5.91 Å². The molecule has 1 aromatic carbocycles. The summed E-state index contributed by atoms with van der Waals surface area (Å²) in [5.41, 5.74) is 5.74. The molecule has 2 atom stereocenters. The van der Waals surface area contributed by atoms with Crippen LogP contribution >= 0.6 is 0 Å². The highest BCUT2D eigenvalue weighted by Crippen LogP contribution is 2.17. The molecule has 1 saturated heterocycles. The standard InChI is InChI=1S/C14H17FN2O3/c15-10-6-4-9(5-7-10)12(13(16)18)17-14(19)11-3-1-2-8-20-11/h4-7,11-12H,1-3,8H2,(H2,16,18)(H,17,19)/t11-,12-/m0/s1. The molecule has 0 radical (unpaired) electrons. The van der Waals surface area contributed by atoms with Gasteiger partial charge in [0.2, 0.25) is 11.8 Å². The van der Waals surface area contributed by atoms with Gasteiger partial charge in [0.1, 0.15) is 18.0 Å². The Bertz CT molecular complexity index is 484. The van der Waals surface area contributed by atoms with Gasteiger partial charge < -0.3 is 15.8 Å². The molecule has 1 fully saturated rings. The largest absolute Gasteiger partial charge is 0.368 e. The van der Waals surface area contributed by atoms with Crippen molar-refractivity contribution in [3.8, 4) is 0 Å². The molecule has 2 rings (SSSR count). The van der Waals surface area contributed by atoms with E-state index in [2.05, 4.69) is 5.32 Å². The summed E-state index contributed by atoms with van der Waals surface area (Å²) >= 11 is 0. The maximum Gasteiger partial charge on any atom is 0.250 e. The van der Waals surface area contributed by atoms with Crippen LogP contribution in [0.4, 0.5) is 4.39 Å². The molecule has 1 aromatic rings. The number of rotatable bonds is 4. The highest BCUT2D eigenvalue weighted by molar-refractivity contribution is 5.89. The molecule has 0 aromatic heterocycles. The molecular weight excluding hydrogens is 263 g/mol. The Morgan fingerprint density at radius 3 is 2.55 bits per heavy atom. The topological polar surface area (TPSA) is 81.4 Å². The molecule has 20 heavy (non-hydrogen) atoms. The number of halogens is 1. The number of hydrogen-bond donors (Lipinski definition) is 2. The third-order valence-electron chi connectivity index (χ3n) is 3.25. The summed E-state index contributed by atoms with van der Waals surface area (Å²) in [6, 6.07) is 4.30. The second kappa shape index (κ2) is 6.47. The monoisotopic (exact) mass is 280 g/mol. The first-order valence-corrected chi connectivity index (χ1v) is 6.54. The summed E-state index contributed by atoms with van der Waals surface area (Å²) in [4.78, 5) is 23.5. The van der Waals surface area contributed by atoms with Crippen molar-refractivity contribution in [2.24, 2.45) is 5.73 Å². The maximum atomic E-state index is 12.9. The van der Waals surface area contributed by atoms with E-state index in [4.69, 9.17) is 10.5 Å². The fourth-order valence-corrected chi connectivity index (χ4v) is 2.16. The van der Waals surface area contributed by atoms with Gasteiger partial charge in [-0.3, -0.25) is 9.59 Å². The molecule has 1 aliphatic heterocycles. The average molecular weight is 280 g/mol. The van der Waals surface area contributed by atoms with Crippen LogP contribution in [0.2, 0.25) is 0 Å². The van der Waals surface area contributed by atoms with E-state index in [0.717, 1.165) is 12.8 Å². The zero-order valence-corrected chi connectivity index (χ0v) is 11.0. The lowest BCUT2D eigenvalue weighted by Gasteiger charge is -2.24. The van der Waals surface area contributed by atoms with Gasteiger partial charge >= 0.3 is 0 Å². The average Bonchev–Trinajstić information content (AvgIpc) is 2.46. The Morgan fingerprint density at radius 1 is 1.30 bits per heavy atom. The van der Waals surface area contributed by atoms with Crippen molar-refractivity contribution < 1.29 is 18.7 Å². The minimum atomic E-state index is -0.978. The number of carbonyl (C=O) groups is 2. The van der Waals surface area contributed by atoms with E-state index in [0.29, 0.717) is 18.6 Å². The fraction of sp³-hybridized carbons (Fsp3) is 0.429. The molecule has 108 valence electrons. The number of hydrogen-bond acceptors (Lipinski definition) is 3. The molecule has 3 N–H and O–H groups in total. The van der Waals surface area contributed by atoms with E-state index < -0.39 is 23.9 Å². The lowest BCUT2D eigenvalue weighted by atomic mass is 10.0.